The van der Waals surface area contributed by atoms with Crippen molar-refractivity contribution in [2.24, 2.45) is 0 Å². The molecule has 0 saturated carbocycles. The molecule has 1 heterocycles. The Morgan fingerprint density at radius 2 is 0.689 bits per heavy atom. The standard InChI is InChI=1S/C51H102N4O6/c1-5-8-11-14-17-20-23-26-33-45(57)41-54(40-44(4)56)38-31-29-36-48-50(60)53-49(51(61)52-48)37-30-32-39-55(42-46(58)34-27-24-21-18-15-12-9-6-2)43-47(59)35-28-25-22-19-16-13-10-7-3/h44-49,56-59H,5-43H2,1-4H3,(H,52,61)(H,53,60). The van der Waals surface area contributed by atoms with E-state index in [1.165, 1.54) is 116 Å². The highest BCUT2D eigenvalue weighted by Gasteiger charge is 2.33. The molecular formula is C51H102N4O6. The minimum Gasteiger partial charge on any atom is -0.392 e. The van der Waals surface area contributed by atoms with Gasteiger partial charge in [0.25, 0.3) is 0 Å². The Labute approximate surface area is 376 Å². The fourth-order valence-corrected chi connectivity index (χ4v) is 9.05. The molecule has 10 nitrogen and oxygen atoms in total. The quantitative estimate of drug-likeness (QED) is 0.0332. The van der Waals surface area contributed by atoms with Gasteiger partial charge in [0, 0.05) is 26.2 Å². The van der Waals surface area contributed by atoms with Crippen LogP contribution in [-0.2, 0) is 9.59 Å². The Kier molecular flexibility index (Phi) is 38.1. The summed E-state index contributed by atoms with van der Waals surface area (Å²) < 4.78 is 0. The van der Waals surface area contributed by atoms with Gasteiger partial charge in [0.15, 0.2) is 0 Å². The summed E-state index contributed by atoms with van der Waals surface area (Å²) in [6.07, 6.45) is 34.7. The molecule has 0 aliphatic carbocycles. The van der Waals surface area contributed by atoms with E-state index in [4.69, 9.17) is 0 Å². The van der Waals surface area contributed by atoms with E-state index < -0.39 is 36.5 Å². The summed E-state index contributed by atoms with van der Waals surface area (Å²) in [4.78, 5) is 30.5. The number of nitrogens with one attached hydrogen (secondary N) is 2. The van der Waals surface area contributed by atoms with Crippen LogP contribution in [0.5, 0.6) is 0 Å². The number of piperazine rings is 1. The van der Waals surface area contributed by atoms with Crippen molar-refractivity contribution in [1.29, 1.82) is 0 Å². The maximum atomic E-state index is 13.1. The van der Waals surface area contributed by atoms with Crippen LogP contribution in [0.4, 0.5) is 0 Å². The molecule has 0 aromatic rings. The van der Waals surface area contributed by atoms with Crippen molar-refractivity contribution in [1.82, 2.24) is 20.4 Å². The lowest BCUT2D eigenvalue weighted by Gasteiger charge is -2.31. The van der Waals surface area contributed by atoms with Crippen LogP contribution in [0.3, 0.4) is 0 Å². The minimum atomic E-state index is -0.540. The Hall–Kier alpha value is -1.30. The lowest BCUT2D eigenvalue weighted by Crippen LogP contribution is -2.61. The zero-order valence-corrected chi connectivity index (χ0v) is 40.5. The van der Waals surface area contributed by atoms with Crippen molar-refractivity contribution in [2.45, 2.75) is 276 Å². The van der Waals surface area contributed by atoms with Gasteiger partial charge in [0.1, 0.15) is 12.1 Å². The van der Waals surface area contributed by atoms with E-state index >= 15 is 0 Å². The van der Waals surface area contributed by atoms with E-state index in [9.17, 15) is 30.0 Å². The van der Waals surface area contributed by atoms with Crippen molar-refractivity contribution in [3.8, 4) is 0 Å². The number of unbranched alkanes of at least 4 members (excludes halogenated alkanes) is 23. The number of aliphatic hydroxyl groups is 4. The summed E-state index contributed by atoms with van der Waals surface area (Å²) in [5.74, 6) is -0.246. The van der Waals surface area contributed by atoms with Gasteiger partial charge < -0.3 is 31.1 Å². The number of amides is 2. The van der Waals surface area contributed by atoms with E-state index in [1.54, 1.807) is 6.92 Å². The number of carbonyl (C=O) groups is 2. The second kappa shape index (κ2) is 40.2. The third-order valence-electron chi connectivity index (χ3n) is 12.8. The third-order valence-corrected chi connectivity index (χ3v) is 12.8. The SMILES string of the molecule is CCCCCCCCCCC(O)CN(CCCCC1NC(=O)C(CCCCN(CC(O)CCCCCCCCCC)CC(O)CCCCCCCCCC)NC1=O)CC(C)O. The van der Waals surface area contributed by atoms with Crippen molar-refractivity contribution >= 4 is 11.8 Å². The predicted octanol–water partition coefficient (Wildman–Crippen LogP) is 9.97. The highest BCUT2D eigenvalue weighted by Crippen LogP contribution is 2.17. The third kappa shape index (κ3) is 33.8. The summed E-state index contributed by atoms with van der Waals surface area (Å²) in [6.45, 7) is 12.2. The van der Waals surface area contributed by atoms with Crippen molar-refractivity contribution in [3.63, 3.8) is 0 Å². The maximum absolute atomic E-state index is 13.1. The number of carbonyl (C=O) groups excluding carboxylic acids is 2. The second-order valence-corrected chi connectivity index (χ2v) is 19.2. The van der Waals surface area contributed by atoms with Crippen LogP contribution in [-0.4, -0.2) is 118 Å². The minimum absolute atomic E-state index is 0.122. The first-order chi connectivity index (χ1) is 29.6. The molecule has 6 unspecified atom stereocenters. The average molecular weight is 867 g/mol. The van der Waals surface area contributed by atoms with E-state index in [-0.39, 0.29) is 11.8 Å². The molecule has 1 rings (SSSR count). The molecule has 0 aromatic heterocycles. The summed E-state index contributed by atoms with van der Waals surface area (Å²) >= 11 is 0. The van der Waals surface area contributed by atoms with Crippen LogP contribution in [0.1, 0.15) is 240 Å². The fourth-order valence-electron chi connectivity index (χ4n) is 9.05. The molecule has 1 aliphatic rings. The molecule has 61 heavy (non-hydrogen) atoms. The highest BCUT2D eigenvalue weighted by molar-refractivity contribution is 5.96. The van der Waals surface area contributed by atoms with Crippen LogP contribution < -0.4 is 10.6 Å². The van der Waals surface area contributed by atoms with Crippen molar-refractivity contribution in [2.75, 3.05) is 39.3 Å². The highest BCUT2D eigenvalue weighted by atomic mass is 16.3. The Morgan fingerprint density at radius 3 is 0.984 bits per heavy atom. The molecule has 6 atom stereocenters. The van der Waals surface area contributed by atoms with Crippen molar-refractivity contribution in [3.05, 3.63) is 0 Å². The molecule has 0 radical (unpaired) electrons. The van der Waals surface area contributed by atoms with Gasteiger partial charge in [-0.1, -0.05) is 175 Å². The van der Waals surface area contributed by atoms with Crippen LogP contribution in [0.25, 0.3) is 0 Å². The Bertz CT molecular complexity index is 976. The fraction of sp³-hybridized carbons (Fsp3) is 0.961. The molecule has 10 heteroatoms. The molecule has 0 bridgehead atoms. The largest absolute Gasteiger partial charge is 0.392 e. The van der Waals surface area contributed by atoms with Crippen LogP contribution in [0.15, 0.2) is 0 Å². The number of rotatable bonds is 45. The lowest BCUT2D eigenvalue weighted by molar-refractivity contribution is -0.137. The van der Waals surface area contributed by atoms with Crippen LogP contribution >= 0.6 is 0 Å². The van der Waals surface area contributed by atoms with E-state index in [2.05, 4.69) is 41.2 Å². The van der Waals surface area contributed by atoms with Gasteiger partial charge >= 0.3 is 0 Å². The van der Waals surface area contributed by atoms with E-state index in [0.717, 1.165) is 96.6 Å². The number of hydrogen-bond donors (Lipinski definition) is 6. The summed E-state index contributed by atoms with van der Waals surface area (Å²) in [6, 6.07) is -1.08. The lowest BCUT2D eigenvalue weighted by atomic mass is 10.0. The summed E-state index contributed by atoms with van der Waals surface area (Å²) in [7, 11) is 0. The molecule has 1 aliphatic heterocycles. The zero-order valence-electron chi connectivity index (χ0n) is 40.5. The van der Waals surface area contributed by atoms with Crippen LogP contribution in [0, 0.1) is 0 Å². The second-order valence-electron chi connectivity index (χ2n) is 19.2. The first-order valence-corrected chi connectivity index (χ1v) is 26.4. The molecular weight excluding hydrogens is 765 g/mol. The number of aliphatic hydroxyl groups excluding tert-OH is 4. The predicted molar refractivity (Wildman–Crippen MR) is 256 cm³/mol. The number of hydrogen-bond acceptors (Lipinski definition) is 8. The summed E-state index contributed by atoms with van der Waals surface area (Å²) in [5.41, 5.74) is 0. The molecule has 362 valence electrons. The molecule has 0 aromatic carbocycles. The smallest absolute Gasteiger partial charge is 0.243 e. The monoisotopic (exact) mass is 867 g/mol. The molecule has 0 spiro atoms. The van der Waals surface area contributed by atoms with Crippen molar-refractivity contribution < 1.29 is 30.0 Å². The average Bonchev–Trinajstić information content (AvgIpc) is 3.22. The molecule has 1 fully saturated rings. The molecule has 6 N–H and O–H groups in total. The topological polar surface area (TPSA) is 146 Å². The van der Waals surface area contributed by atoms with Gasteiger partial charge in [-0.25, -0.2) is 0 Å². The first-order valence-electron chi connectivity index (χ1n) is 26.4. The zero-order chi connectivity index (χ0) is 44.8. The molecule has 2 amide bonds. The van der Waals surface area contributed by atoms with Gasteiger partial charge in [-0.05, 0) is 77.8 Å². The first kappa shape index (κ1) is 57.7. The van der Waals surface area contributed by atoms with Gasteiger partial charge in [-0.15, -0.1) is 0 Å². The molecule has 1 saturated heterocycles. The van der Waals surface area contributed by atoms with E-state index in [1.807, 2.05) is 0 Å². The Morgan fingerprint density at radius 1 is 0.410 bits per heavy atom. The van der Waals surface area contributed by atoms with Gasteiger partial charge in [-0.3, -0.25) is 19.4 Å². The van der Waals surface area contributed by atoms with Gasteiger partial charge in [0.2, 0.25) is 11.8 Å². The Balaban J connectivity index is 2.47. The van der Waals surface area contributed by atoms with Gasteiger partial charge in [0.05, 0.1) is 24.4 Å². The van der Waals surface area contributed by atoms with Gasteiger partial charge in [-0.2, -0.15) is 0 Å². The van der Waals surface area contributed by atoms with E-state index in [0.29, 0.717) is 39.0 Å². The number of nitrogens with zero attached hydrogens (tertiary/aromatic N) is 2. The summed E-state index contributed by atoms with van der Waals surface area (Å²) in [5, 5.41) is 48.7. The normalized spacial score (nSPS) is 17.8. The van der Waals surface area contributed by atoms with Crippen LogP contribution in [0.2, 0.25) is 0 Å². The maximum Gasteiger partial charge on any atom is 0.243 e.